The van der Waals surface area contributed by atoms with Crippen molar-refractivity contribution in [2.75, 3.05) is 13.7 Å². The van der Waals surface area contributed by atoms with Gasteiger partial charge in [0, 0.05) is 24.5 Å². The van der Waals surface area contributed by atoms with Crippen molar-refractivity contribution in [3.05, 3.63) is 74.7 Å². The van der Waals surface area contributed by atoms with Gasteiger partial charge in [-0.05, 0) is 88.8 Å². The van der Waals surface area contributed by atoms with Gasteiger partial charge in [-0.15, -0.1) is 11.3 Å². The number of amides is 2. The van der Waals surface area contributed by atoms with Crippen LogP contribution in [0.5, 0.6) is 5.75 Å². The van der Waals surface area contributed by atoms with Crippen LogP contribution in [-0.2, 0) is 32.2 Å². The van der Waals surface area contributed by atoms with E-state index in [1.807, 2.05) is 0 Å². The highest BCUT2D eigenvalue weighted by molar-refractivity contribution is 7.90. The molecule has 3 rings (SSSR count). The number of alkyl halides is 3. The summed E-state index contributed by atoms with van der Waals surface area (Å²) < 4.78 is 79.7. The largest absolute Gasteiger partial charge is 0.496 e. The summed E-state index contributed by atoms with van der Waals surface area (Å²) in [6, 6.07) is 3.56. The third kappa shape index (κ3) is 11.8. The number of methoxy groups -OCH3 is 1. The lowest BCUT2D eigenvalue weighted by Crippen LogP contribution is -2.52. The quantitative estimate of drug-likeness (QED) is 0.0868. The average molecular weight is 771 g/mol. The van der Waals surface area contributed by atoms with Gasteiger partial charge < -0.3 is 30.9 Å². The van der Waals surface area contributed by atoms with Gasteiger partial charge in [-0.2, -0.15) is 13.2 Å². The molecule has 1 unspecified atom stereocenters. The zero-order chi connectivity index (χ0) is 39.0. The fourth-order valence-electron chi connectivity index (χ4n) is 5.29. The average Bonchev–Trinajstić information content (AvgIpc) is 3.57. The molecular formula is C34H45F3N6O7S2. The van der Waals surface area contributed by atoms with Crippen molar-refractivity contribution >= 4 is 39.3 Å². The number of hydrogen-bond donors (Lipinski definition) is 5. The molecule has 1 heterocycles. The molecule has 6 N–H and O–H groups in total. The number of aliphatic hydroxyl groups is 1. The highest BCUT2D eigenvalue weighted by Gasteiger charge is 2.33. The molecule has 0 aliphatic carbocycles. The normalized spacial score (nSPS) is 14.2. The number of guanidine groups is 1. The van der Waals surface area contributed by atoms with Crippen LogP contribution < -0.4 is 25.8 Å². The van der Waals surface area contributed by atoms with Gasteiger partial charge in [0.25, 0.3) is 10.0 Å². The number of aliphatic hydroxyl groups excluding tert-OH is 1. The Morgan fingerprint density at radius 1 is 1.10 bits per heavy atom. The van der Waals surface area contributed by atoms with Gasteiger partial charge in [0.1, 0.15) is 28.5 Å². The molecule has 1 aromatic heterocycles. The number of thiazole rings is 1. The van der Waals surface area contributed by atoms with Gasteiger partial charge in [-0.25, -0.2) is 22.9 Å². The van der Waals surface area contributed by atoms with Gasteiger partial charge in [-0.3, -0.25) is 9.79 Å². The van der Waals surface area contributed by atoms with Crippen LogP contribution in [0.3, 0.4) is 0 Å². The molecule has 0 radical (unpaired) electrons. The topological polar surface area (TPSA) is 194 Å². The molecule has 2 aromatic carbocycles. The first kappa shape index (κ1) is 42.0. The summed E-state index contributed by atoms with van der Waals surface area (Å²) in [5.74, 6) is -0.643. The minimum atomic E-state index is -4.63. The van der Waals surface area contributed by atoms with E-state index >= 15 is 0 Å². The van der Waals surface area contributed by atoms with Crippen molar-refractivity contribution in [2.24, 2.45) is 10.7 Å². The Kier molecular flexibility index (Phi) is 14.1. The van der Waals surface area contributed by atoms with Crippen LogP contribution in [0, 0.1) is 20.8 Å². The Labute approximate surface area is 305 Å². The van der Waals surface area contributed by atoms with E-state index in [1.54, 1.807) is 53.0 Å². The number of carbonyl (C=O) groups is 2. The van der Waals surface area contributed by atoms with Crippen molar-refractivity contribution < 1.29 is 45.8 Å². The minimum Gasteiger partial charge on any atom is -0.496 e. The van der Waals surface area contributed by atoms with E-state index in [0.29, 0.717) is 22.4 Å². The maximum Gasteiger partial charge on any atom is 0.416 e. The second-order valence-electron chi connectivity index (χ2n) is 13.0. The maximum absolute atomic E-state index is 13.7. The number of nitrogens with zero attached hydrogens (tertiary/aromatic N) is 2. The van der Waals surface area contributed by atoms with Gasteiger partial charge in [0.05, 0.1) is 23.6 Å². The molecule has 0 spiro atoms. The summed E-state index contributed by atoms with van der Waals surface area (Å²) in [6.07, 6.45) is -5.52. The molecule has 18 heteroatoms. The van der Waals surface area contributed by atoms with Crippen molar-refractivity contribution in [1.29, 1.82) is 0 Å². The highest BCUT2D eigenvalue weighted by Crippen LogP contribution is 2.31. The predicted molar refractivity (Wildman–Crippen MR) is 191 cm³/mol. The summed E-state index contributed by atoms with van der Waals surface area (Å²) in [5.41, 5.74) is 5.78. The number of aryl methyl sites for hydroxylation is 1. The summed E-state index contributed by atoms with van der Waals surface area (Å²) in [4.78, 5) is 34.7. The molecule has 0 bridgehead atoms. The number of nitrogens with one attached hydrogen (secondary N) is 3. The van der Waals surface area contributed by atoms with E-state index in [-0.39, 0.29) is 47.2 Å². The van der Waals surface area contributed by atoms with E-state index in [4.69, 9.17) is 15.2 Å². The molecule has 52 heavy (non-hydrogen) atoms. The molecule has 0 fully saturated rings. The summed E-state index contributed by atoms with van der Waals surface area (Å²) >= 11 is 1.13. The van der Waals surface area contributed by atoms with Gasteiger partial charge in [0.15, 0.2) is 0 Å². The first-order valence-electron chi connectivity index (χ1n) is 16.1. The standard InChI is InChI=1S/C34H45F3N6O7S2/c1-19-16-26(49-7)20(2)21(3)28(19)52(47,48)43-31(38)40-13-9-12-24(27(44)30-39-14-15-51-30)41-29(45)25(42-32(46)50-33(4,5)6)18-22-10-8-11-23(17-22)34(35,36)37/h8,10-11,14-17,24-25,27,44H,9,12-13,18H2,1-7H3,(H,41,45)(H,42,46)(H3,38,40,43)/t24-,25-,27?/m0/s1. The lowest BCUT2D eigenvalue weighted by molar-refractivity contribution is -0.137. The number of carbonyl (C=O) groups excluding carboxylic acids is 2. The second kappa shape index (κ2) is 17.4. The molecule has 2 amide bonds. The minimum absolute atomic E-state index is 0.0191. The number of aliphatic imine (C=N–C) groups is 1. The summed E-state index contributed by atoms with van der Waals surface area (Å²) in [6.45, 7) is 9.83. The van der Waals surface area contributed by atoms with E-state index in [0.717, 1.165) is 23.5 Å². The maximum atomic E-state index is 13.7. The van der Waals surface area contributed by atoms with E-state index in [9.17, 15) is 36.3 Å². The van der Waals surface area contributed by atoms with Crippen molar-refractivity contribution in [3.8, 4) is 5.75 Å². The van der Waals surface area contributed by atoms with E-state index < -0.39 is 57.6 Å². The molecule has 0 saturated carbocycles. The molecular weight excluding hydrogens is 726 g/mol. The van der Waals surface area contributed by atoms with Gasteiger partial charge in [0.2, 0.25) is 11.9 Å². The van der Waals surface area contributed by atoms with Crippen molar-refractivity contribution in [2.45, 2.75) is 95.7 Å². The first-order valence-corrected chi connectivity index (χ1v) is 18.5. The molecule has 3 aromatic rings. The molecule has 0 saturated heterocycles. The summed E-state index contributed by atoms with van der Waals surface area (Å²) in [5, 5.41) is 18.2. The van der Waals surface area contributed by atoms with Crippen LogP contribution >= 0.6 is 11.3 Å². The number of aromatic nitrogens is 1. The van der Waals surface area contributed by atoms with Crippen LogP contribution in [0.1, 0.15) is 72.5 Å². The van der Waals surface area contributed by atoms with Gasteiger partial charge in [-0.1, -0.05) is 18.2 Å². The molecule has 0 aliphatic rings. The Balaban J connectivity index is 1.80. The third-order valence-corrected chi connectivity index (χ3v) is 10.3. The highest BCUT2D eigenvalue weighted by atomic mass is 32.2. The van der Waals surface area contributed by atoms with E-state index in [1.165, 1.54) is 25.4 Å². The van der Waals surface area contributed by atoms with Crippen LogP contribution in [0.25, 0.3) is 0 Å². The number of rotatable bonds is 14. The molecule has 3 atom stereocenters. The van der Waals surface area contributed by atoms with Crippen LogP contribution in [0.4, 0.5) is 18.0 Å². The lowest BCUT2D eigenvalue weighted by atomic mass is 10.0. The predicted octanol–water partition coefficient (Wildman–Crippen LogP) is 4.82. The van der Waals surface area contributed by atoms with Crippen molar-refractivity contribution in [1.82, 2.24) is 20.3 Å². The molecule has 286 valence electrons. The number of alkyl carbamates (subject to hydrolysis) is 1. The first-order chi connectivity index (χ1) is 24.1. The Hall–Kier alpha value is -4.42. The zero-order valence-electron chi connectivity index (χ0n) is 29.9. The third-order valence-electron chi connectivity index (χ3n) is 7.78. The smallest absolute Gasteiger partial charge is 0.416 e. The molecule has 13 nitrogen and oxygen atoms in total. The second-order valence-corrected chi connectivity index (χ2v) is 15.6. The number of halogens is 3. The van der Waals surface area contributed by atoms with Crippen LogP contribution in [0.2, 0.25) is 0 Å². The number of hydrogen-bond acceptors (Lipinski definition) is 10. The Morgan fingerprint density at radius 3 is 2.38 bits per heavy atom. The fourth-order valence-corrected chi connectivity index (χ4v) is 7.46. The SMILES string of the molecule is COc1cc(C)c(S(=O)(=O)NC(N)=NCCC[C@H](NC(=O)[C@H](Cc2cccc(C(F)(F)F)c2)NC(=O)OC(C)(C)C)C(O)c2nccs2)c(C)c1C. The monoisotopic (exact) mass is 770 g/mol. The molecule has 0 aliphatic heterocycles. The van der Waals surface area contributed by atoms with Crippen LogP contribution in [-0.4, -0.2) is 67.8 Å². The fraction of sp³-hybridized carbons (Fsp3) is 0.471. The number of ether oxygens (including phenoxy) is 2. The van der Waals surface area contributed by atoms with Crippen molar-refractivity contribution in [3.63, 3.8) is 0 Å². The Bertz CT molecular complexity index is 1850. The number of nitrogens with two attached hydrogens (primary N) is 1. The van der Waals surface area contributed by atoms with Crippen LogP contribution in [0.15, 0.2) is 51.8 Å². The zero-order valence-corrected chi connectivity index (χ0v) is 31.6. The Morgan fingerprint density at radius 2 is 1.79 bits per heavy atom. The number of sulfonamides is 1. The number of benzene rings is 2. The summed E-state index contributed by atoms with van der Waals surface area (Å²) in [7, 11) is -2.63. The van der Waals surface area contributed by atoms with E-state index in [2.05, 4.69) is 25.3 Å². The lowest BCUT2D eigenvalue weighted by Gasteiger charge is -2.27. The van der Waals surface area contributed by atoms with Gasteiger partial charge >= 0.3 is 12.3 Å².